The average molecular weight is 432 g/mol. The first-order valence-corrected chi connectivity index (χ1v) is 10.4. The van der Waals surface area contributed by atoms with E-state index < -0.39 is 0 Å². The summed E-state index contributed by atoms with van der Waals surface area (Å²) in [4.78, 5) is 22.0. The summed E-state index contributed by atoms with van der Waals surface area (Å²) in [6.07, 6.45) is 0. The molecule has 1 amide bonds. The van der Waals surface area contributed by atoms with Crippen LogP contribution in [0.4, 0.5) is 5.13 Å². The summed E-state index contributed by atoms with van der Waals surface area (Å²) in [5, 5.41) is 0.756. The summed E-state index contributed by atoms with van der Waals surface area (Å²) in [7, 11) is 0. The number of halogens is 1. The van der Waals surface area contributed by atoms with E-state index >= 15 is 0 Å². The molecule has 6 heteroatoms. The highest BCUT2D eigenvalue weighted by Crippen LogP contribution is 2.29. The van der Waals surface area contributed by atoms with Gasteiger partial charge in [-0.05, 0) is 49.5 Å². The molecule has 0 aliphatic carbocycles. The van der Waals surface area contributed by atoms with Gasteiger partial charge < -0.3 is 4.90 Å². The Balaban J connectivity index is 1.92. The van der Waals surface area contributed by atoms with E-state index in [-0.39, 0.29) is 5.91 Å². The zero-order valence-electron chi connectivity index (χ0n) is 15.0. The summed E-state index contributed by atoms with van der Waals surface area (Å²) in [6, 6.07) is 15.5. The van der Waals surface area contributed by atoms with Crippen molar-refractivity contribution < 1.29 is 4.79 Å². The normalized spacial score (nSPS) is 11.2. The van der Waals surface area contributed by atoms with E-state index in [1.807, 2.05) is 53.4 Å². The van der Waals surface area contributed by atoms with Crippen molar-refractivity contribution in [2.75, 3.05) is 31.1 Å². The molecule has 26 heavy (non-hydrogen) atoms. The van der Waals surface area contributed by atoms with Gasteiger partial charge in [0.15, 0.2) is 5.13 Å². The first kappa shape index (κ1) is 19.0. The maximum absolute atomic E-state index is 13.2. The molecule has 0 saturated heterocycles. The van der Waals surface area contributed by atoms with Crippen molar-refractivity contribution in [2.45, 2.75) is 13.8 Å². The number of rotatable bonds is 7. The largest absolute Gasteiger partial charge is 0.302 e. The molecule has 0 bridgehead atoms. The van der Waals surface area contributed by atoms with Crippen LogP contribution < -0.4 is 4.90 Å². The topological polar surface area (TPSA) is 36.4 Å². The number of anilines is 1. The second kappa shape index (κ2) is 8.75. The van der Waals surface area contributed by atoms with E-state index in [0.717, 1.165) is 39.5 Å². The lowest BCUT2D eigenvalue weighted by atomic mass is 10.2. The monoisotopic (exact) mass is 431 g/mol. The van der Waals surface area contributed by atoms with E-state index in [9.17, 15) is 4.79 Å². The number of benzene rings is 2. The fourth-order valence-electron chi connectivity index (χ4n) is 2.79. The van der Waals surface area contributed by atoms with Gasteiger partial charge in [0.1, 0.15) is 0 Å². The molecule has 4 nitrogen and oxygen atoms in total. The highest BCUT2D eigenvalue weighted by atomic mass is 79.9. The van der Waals surface area contributed by atoms with Crippen LogP contribution in [0.25, 0.3) is 10.2 Å². The second-order valence-electron chi connectivity index (χ2n) is 5.95. The lowest BCUT2D eigenvalue weighted by Gasteiger charge is -2.24. The minimum atomic E-state index is -0.0105. The Hall–Kier alpha value is -1.76. The molecule has 0 aliphatic heterocycles. The van der Waals surface area contributed by atoms with Crippen LogP contribution >= 0.6 is 27.3 Å². The molecule has 1 aromatic heterocycles. The van der Waals surface area contributed by atoms with Crippen LogP contribution in [0.1, 0.15) is 24.2 Å². The van der Waals surface area contributed by atoms with Crippen molar-refractivity contribution in [3.05, 3.63) is 58.6 Å². The quantitative estimate of drug-likeness (QED) is 0.525. The van der Waals surface area contributed by atoms with Crippen molar-refractivity contribution in [2.24, 2.45) is 0 Å². The number of aromatic nitrogens is 1. The smallest absolute Gasteiger partial charge is 0.260 e. The number of fused-ring (bicyclic) bond motifs is 1. The summed E-state index contributed by atoms with van der Waals surface area (Å²) in [5.41, 5.74) is 1.61. The fraction of sp³-hybridized carbons (Fsp3) is 0.300. The van der Waals surface area contributed by atoms with Gasteiger partial charge in [-0.3, -0.25) is 9.69 Å². The first-order chi connectivity index (χ1) is 12.6. The third-order valence-electron chi connectivity index (χ3n) is 4.38. The molecule has 0 N–H and O–H groups in total. The SMILES string of the molecule is CCN(CC)CCN(C(=O)c1ccc(Br)cc1)c1nc2ccccc2s1. The minimum absolute atomic E-state index is 0.0105. The van der Waals surface area contributed by atoms with Gasteiger partial charge in [-0.25, -0.2) is 4.98 Å². The minimum Gasteiger partial charge on any atom is -0.302 e. The van der Waals surface area contributed by atoms with Crippen LogP contribution in [0.2, 0.25) is 0 Å². The van der Waals surface area contributed by atoms with E-state index in [2.05, 4.69) is 34.7 Å². The summed E-state index contributed by atoms with van der Waals surface area (Å²) in [5.74, 6) is -0.0105. The summed E-state index contributed by atoms with van der Waals surface area (Å²) in [6.45, 7) is 7.67. The van der Waals surface area contributed by atoms with Gasteiger partial charge in [-0.15, -0.1) is 0 Å². The second-order valence-corrected chi connectivity index (χ2v) is 7.88. The fourth-order valence-corrected chi connectivity index (χ4v) is 4.04. The zero-order valence-corrected chi connectivity index (χ0v) is 17.4. The molecular weight excluding hydrogens is 410 g/mol. The van der Waals surface area contributed by atoms with E-state index in [0.29, 0.717) is 12.1 Å². The van der Waals surface area contributed by atoms with Crippen molar-refractivity contribution in [3.63, 3.8) is 0 Å². The van der Waals surface area contributed by atoms with Crippen molar-refractivity contribution in [1.82, 2.24) is 9.88 Å². The number of hydrogen-bond acceptors (Lipinski definition) is 4. The van der Waals surface area contributed by atoms with Crippen LogP contribution in [0.15, 0.2) is 53.0 Å². The predicted octanol–water partition coefficient (Wildman–Crippen LogP) is 5.05. The van der Waals surface area contributed by atoms with Crippen LogP contribution in [-0.2, 0) is 0 Å². The van der Waals surface area contributed by atoms with Gasteiger partial charge in [0.2, 0.25) is 0 Å². The Labute approximate surface area is 166 Å². The predicted molar refractivity (Wildman–Crippen MR) is 113 cm³/mol. The number of para-hydroxylation sites is 1. The number of thiazole rings is 1. The summed E-state index contributed by atoms with van der Waals surface area (Å²) < 4.78 is 2.06. The van der Waals surface area contributed by atoms with Gasteiger partial charge in [0.05, 0.1) is 10.2 Å². The number of carbonyl (C=O) groups is 1. The Kier molecular flexibility index (Phi) is 6.40. The summed E-state index contributed by atoms with van der Waals surface area (Å²) >= 11 is 4.99. The molecule has 3 aromatic rings. The molecule has 0 fully saturated rings. The number of likely N-dealkylation sites (N-methyl/N-ethyl adjacent to an activating group) is 1. The Morgan fingerprint density at radius 1 is 1.04 bits per heavy atom. The third kappa shape index (κ3) is 4.31. The highest BCUT2D eigenvalue weighted by Gasteiger charge is 2.21. The number of nitrogens with zero attached hydrogens (tertiary/aromatic N) is 3. The standard InChI is InChI=1S/C20H22BrN3OS/c1-3-23(4-2)13-14-24(19(25)15-9-11-16(21)12-10-15)20-22-17-7-5-6-8-18(17)26-20/h5-12H,3-4,13-14H2,1-2H3. The maximum atomic E-state index is 13.2. The van der Waals surface area contributed by atoms with Crippen molar-refractivity contribution in [3.8, 4) is 0 Å². The Morgan fingerprint density at radius 3 is 2.38 bits per heavy atom. The molecule has 0 spiro atoms. The van der Waals surface area contributed by atoms with Gasteiger partial charge in [0.25, 0.3) is 5.91 Å². The number of hydrogen-bond donors (Lipinski definition) is 0. The average Bonchev–Trinajstić information content (AvgIpc) is 3.09. The first-order valence-electron chi connectivity index (χ1n) is 8.77. The number of carbonyl (C=O) groups excluding carboxylic acids is 1. The van der Waals surface area contributed by atoms with Gasteiger partial charge >= 0.3 is 0 Å². The van der Waals surface area contributed by atoms with E-state index in [1.165, 1.54) is 0 Å². The molecule has 1 heterocycles. The van der Waals surface area contributed by atoms with Gasteiger partial charge in [-0.2, -0.15) is 0 Å². The molecule has 3 rings (SSSR count). The molecule has 0 unspecified atom stereocenters. The maximum Gasteiger partial charge on any atom is 0.260 e. The molecule has 0 saturated carbocycles. The highest BCUT2D eigenvalue weighted by molar-refractivity contribution is 9.10. The van der Waals surface area contributed by atoms with Crippen molar-refractivity contribution >= 4 is 48.5 Å². The number of amides is 1. The van der Waals surface area contributed by atoms with Gasteiger partial charge in [0, 0.05) is 23.1 Å². The van der Waals surface area contributed by atoms with Gasteiger partial charge in [-0.1, -0.05) is 53.2 Å². The Bertz CT molecular complexity index is 841. The van der Waals surface area contributed by atoms with Crippen LogP contribution in [0, 0.1) is 0 Å². The van der Waals surface area contributed by atoms with Crippen LogP contribution in [-0.4, -0.2) is 42.0 Å². The van der Waals surface area contributed by atoms with E-state index in [1.54, 1.807) is 11.3 Å². The third-order valence-corrected chi connectivity index (χ3v) is 5.97. The molecule has 2 aromatic carbocycles. The van der Waals surface area contributed by atoms with Crippen LogP contribution in [0.5, 0.6) is 0 Å². The lowest BCUT2D eigenvalue weighted by Crippen LogP contribution is -2.38. The molecule has 136 valence electrons. The van der Waals surface area contributed by atoms with E-state index in [4.69, 9.17) is 4.98 Å². The molecule has 0 aliphatic rings. The zero-order chi connectivity index (χ0) is 18.5. The van der Waals surface area contributed by atoms with Crippen molar-refractivity contribution in [1.29, 1.82) is 0 Å². The van der Waals surface area contributed by atoms with Crippen LogP contribution in [0.3, 0.4) is 0 Å². The lowest BCUT2D eigenvalue weighted by molar-refractivity contribution is 0.0984. The molecular formula is C20H22BrN3OS. The Morgan fingerprint density at radius 2 is 1.73 bits per heavy atom. The molecule has 0 radical (unpaired) electrons. The molecule has 0 atom stereocenters.